The van der Waals surface area contributed by atoms with Gasteiger partial charge in [0, 0.05) is 80.1 Å². The molecule has 1 aromatic heterocycles. The molecule has 0 radical (unpaired) electrons. The molecular formula is C32H31ClF3N7O. The average Bonchev–Trinajstić information content (AvgIpc) is 3.02. The maximum atomic E-state index is 13.1. The molecule has 228 valence electrons. The summed E-state index contributed by atoms with van der Waals surface area (Å²) in [5.41, 5.74) is 4.17. The first kappa shape index (κ1) is 29.7. The van der Waals surface area contributed by atoms with Crippen molar-refractivity contribution in [3.63, 3.8) is 0 Å². The van der Waals surface area contributed by atoms with Crippen LogP contribution in [0.5, 0.6) is 0 Å². The number of benzene rings is 3. The number of nitrogens with zero attached hydrogens (tertiary/aromatic N) is 5. The first-order valence-electron chi connectivity index (χ1n) is 14.3. The van der Waals surface area contributed by atoms with E-state index in [2.05, 4.69) is 49.5 Å². The summed E-state index contributed by atoms with van der Waals surface area (Å²) in [6.07, 6.45) is -2.07. The van der Waals surface area contributed by atoms with Gasteiger partial charge in [-0.05, 0) is 67.7 Å². The van der Waals surface area contributed by atoms with Gasteiger partial charge in [0.2, 0.25) is 5.95 Å². The minimum absolute atomic E-state index is 0.0873. The molecule has 2 N–H and O–H groups in total. The van der Waals surface area contributed by atoms with Crippen molar-refractivity contribution in [2.45, 2.75) is 19.1 Å². The molecule has 0 aliphatic carbocycles. The van der Waals surface area contributed by atoms with E-state index in [-0.39, 0.29) is 5.56 Å². The van der Waals surface area contributed by atoms with Crippen LogP contribution in [-0.4, -0.2) is 60.5 Å². The predicted octanol–water partition coefficient (Wildman–Crippen LogP) is 6.46. The number of rotatable bonds is 6. The number of alkyl halides is 3. The Labute approximate surface area is 258 Å². The van der Waals surface area contributed by atoms with Crippen molar-refractivity contribution in [2.75, 3.05) is 60.2 Å². The van der Waals surface area contributed by atoms with Gasteiger partial charge in [-0.2, -0.15) is 13.2 Å². The first-order chi connectivity index (χ1) is 21.1. The summed E-state index contributed by atoms with van der Waals surface area (Å²) in [6, 6.07) is 17.6. The van der Waals surface area contributed by atoms with Gasteiger partial charge >= 0.3 is 6.18 Å². The molecular weight excluding hydrogens is 591 g/mol. The van der Waals surface area contributed by atoms with Crippen LogP contribution in [0.15, 0.2) is 72.9 Å². The van der Waals surface area contributed by atoms with E-state index in [1.54, 1.807) is 18.2 Å². The second kappa shape index (κ2) is 12.3. The molecule has 3 aromatic carbocycles. The fourth-order valence-electron chi connectivity index (χ4n) is 5.40. The molecule has 0 unspecified atom stereocenters. The van der Waals surface area contributed by atoms with Crippen molar-refractivity contribution in [1.29, 1.82) is 0 Å². The molecule has 1 fully saturated rings. The lowest BCUT2D eigenvalue weighted by atomic mass is 10.1. The van der Waals surface area contributed by atoms with Crippen LogP contribution in [0.1, 0.15) is 27.2 Å². The fourth-order valence-corrected chi connectivity index (χ4v) is 5.64. The molecule has 4 aromatic rings. The maximum absolute atomic E-state index is 13.1. The summed E-state index contributed by atoms with van der Waals surface area (Å²) < 4.78 is 39.3. The van der Waals surface area contributed by atoms with Gasteiger partial charge in [0.05, 0.1) is 22.0 Å². The molecule has 1 amide bonds. The summed E-state index contributed by atoms with van der Waals surface area (Å²) >= 11 is 6.54. The van der Waals surface area contributed by atoms with Crippen molar-refractivity contribution in [3.05, 3.63) is 100 Å². The summed E-state index contributed by atoms with van der Waals surface area (Å²) in [5.74, 6) is -0.113. The van der Waals surface area contributed by atoms with Crippen LogP contribution in [0.25, 0.3) is 0 Å². The van der Waals surface area contributed by atoms with Gasteiger partial charge in [0.25, 0.3) is 5.91 Å². The fraction of sp³-hybridized carbons (Fsp3) is 0.281. The highest BCUT2D eigenvalue weighted by Gasteiger charge is 2.31. The number of carbonyl (C=O) groups is 1. The van der Waals surface area contributed by atoms with Gasteiger partial charge in [-0.3, -0.25) is 4.79 Å². The number of amides is 1. The van der Waals surface area contributed by atoms with Crippen molar-refractivity contribution < 1.29 is 18.0 Å². The number of hydrogen-bond acceptors (Lipinski definition) is 7. The SMILES string of the molecule is CN1CCN(c2ccc(Nc3ncc4c(n3)CCN(c3cc(NC(=O)c5cccc(C(F)(F)F)c5)ccc3Cl)C4)cc2)CC1. The van der Waals surface area contributed by atoms with E-state index in [9.17, 15) is 18.0 Å². The lowest BCUT2D eigenvalue weighted by Gasteiger charge is -2.34. The Hall–Kier alpha value is -4.35. The molecule has 3 heterocycles. The normalized spacial score (nSPS) is 15.6. The zero-order chi connectivity index (χ0) is 30.8. The van der Waals surface area contributed by atoms with E-state index < -0.39 is 17.6 Å². The number of likely N-dealkylation sites (N-methyl/N-ethyl adjacent to an activating group) is 1. The number of aromatic nitrogens is 2. The monoisotopic (exact) mass is 621 g/mol. The summed E-state index contributed by atoms with van der Waals surface area (Å²) in [4.78, 5) is 28.8. The lowest BCUT2D eigenvalue weighted by Crippen LogP contribution is -2.44. The number of halogens is 4. The Balaban J connectivity index is 1.11. The molecule has 44 heavy (non-hydrogen) atoms. The minimum atomic E-state index is -4.54. The van der Waals surface area contributed by atoms with Gasteiger partial charge in [0.1, 0.15) is 0 Å². The Kier molecular flexibility index (Phi) is 8.33. The zero-order valence-corrected chi connectivity index (χ0v) is 24.8. The van der Waals surface area contributed by atoms with Crippen LogP contribution < -0.4 is 20.4 Å². The lowest BCUT2D eigenvalue weighted by molar-refractivity contribution is -0.137. The van der Waals surface area contributed by atoms with Gasteiger partial charge in [0.15, 0.2) is 0 Å². The standard InChI is InChI=1S/C32H31ClF3N7O/c1-41-13-15-42(16-14-41)26-8-5-24(6-9-26)39-31-37-19-22-20-43(12-11-28(22)40-31)29-18-25(7-10-27(29)33)38-30(44)21-3-2-4-23(17-21)32(34,35)36/h2-10,17-19H,11-16,20H2,1H3,(H,38,44)(H,37,39,40). The molecule has 0 saturated carbocycles. The van der Waals surface area contributed by atoms with Gasteiger partial charge in [-0.25, -0.2) is 9.97 Å². The molecule has 8 nitrogen and oxygen atoms in total. The molecule has 0 spiro atoms. The molecule has 1 saturated heterocycles. The topological polar surface area (TPSA) is 76.6 Å². The molecule has 6 rings (SSSR count). The van der Waals surface area contributed by atoms with Crippen molar-refractivity contribution in [2.24, 2.45) is 0 Å². The van der Waals surface area contributed by atoms with Crippen LogP contribution in [-0.2, 0) is 19.1 Å². The second-order valence-electron chi connectivity index (χ2n) is 11.0. The van der Waals surface area contributed by atoms with E-state index in [1.807, 2.05) is 18.3 Å². The van der Waals surface area contributed by atoms with Crippen molar-refractivity contribution in [1.82, 2.24) is 14.9 Å². The summed E-state index contributed by atoms with van der Waals surface area (Å²) in [6.45, 7) is 5.28. The third-order valence-corrected chi connectivity index (χ3v) is 8.24. The quantitative estimate of drug-likeness (QED) is 0.256. The van der Waals surface area contributed by atoms with Crippen LogP contribution in [0.4, 0.5) is 41.9 Å². The highest BCUT2D eigenvalue weighted by Crippen LogP contribution is 2.34. The number of fused-ring (bicyclic) bond motifs is 1. The van der Waals surface area contributed by atoms with E-state index in [1.165, 1.54) is 17.8 Å². The minimum Gasteiger partial charge on any atom is -0.369 e. The second-order valence-corrected chi connectivity index (χ2v) is 11.4. The molecule has 2 aliphatic rings. The van der Waals surface area contributed by atoms with Crippen molar-refractivity contribution in [3.8, 4) is 0 Å². The number of carbonyl (C=O) groups excluding carboxylic acids is 1. The number of anilines is 5. The van der Waals surface area contributed by atoms with Gasteiger partial charge < -0.3 is 25.3 Å². The third-order valence-electron chi connectivity index (χ3n) is 7.92. The van der Waals surface area contributed by atoms with E-state index in [0.29, 0.717) is 41.9 Å². The summed E-state index contributed by atoms with van der Waals surface area (Å²) in [7, 11) is 2.14. The first-order valence-corrected chi connectivity index (χ1v) is 14.7. The Morgan fingerprint density at radius 2 is 1.66 bits per heavy atom. The van der Waals surface area contributed by atoms with Gasteiger partial charge in [-0.1, -0.05) is 17.7 Å². The Morgan fingerprint density at radius 3 is 2.41 bits per heavy atom. The molecule has 12 heteroatoms. The third kappa shape index (κ3) is 6.74. The zero-order valence-electron chi connectivity index (χ0n) is 24.0. The number of piperazine rings is 1. The van der Waals surface area contributed by atoms with E-state index in [0.717, 1.165) is 55.3 Å². The van der Waals surface area contributed by atoms with Crippen molar-refractivity contribution >= 4 is 46.2 Å². The van der Waals surface area contributed by atoms with E-state index in [4.69, 9.17) is 16.6 Å². The van der Waals surface area contributed by atoms with Crippen LogP contribution in [0.2, 0.25) is 5.02 Å². The molecule has 2 aliphatic heterocycles. The number of hydrogen-bond donors (Lipinski definition) is 2. The summed E-state index contributed by atoms with van der Waals surface area (Å²) in [5, 5.41) is 6.49. The van der Waals surface area contributed by atoms with Crippen LogP contribution in [0.3, 0.4) is 0 Å². The Morgan fingerprint density at radius 1 is 0.909 bits per heavy atom. The predicted molar refractivity (Wildman–Crippen MR) is 167 cm³/mol. The van der Waals surface area contributed by atoms with Gasteiger partial charge in [-0.15, -0.1) is 0 Å². The largest absolute Gasteiger partial charge is 0.416 e. The number of nitrogens with one attached hydrogen (secondary N) is 2. The highest BCUT2D eigenvalue weighted by molar-refractivity contribution is 6.33. The van der Waals surface area contributed by atoms with Crippen LogP contribution >= 0.6 is 11.6 Å². The Bertz CT molecular complexity index is 1660. The van der Waals surface area contributed by atoms with Crippen LogP contribution in [0, 0.1) is 0 Å². The molecule has 0 atom stereocenters. The smallest absolute Gasteiger partial charge is 0.369 e. The highest BCUT2D eigenvalue weighted by atomic mass is 35.5. The average molecular weight is 622 g/mol. The maximum Gasteiger partial charge on any atom is 0.416 e. The molecule has 0 bridgehead atoms. The van der Waals surface area contributed by atoms with E-state index >= 15 is 0 Å².